The lowest BCUT2D eigenvalue weighted by molar-refractivity contribution is -0.121. The molecule has 1 amide bonds. The maximum Gasteiger partial charge on any atom is 0.220 e. The summed E-state index contributed by atoms with van der Waals surface area (Å²) >= 11 is 0. The van der Waals surface area contributed by atoms with Crippen molar-refractivity contribution < 1.29 is 4.79 Å². The van der Waals surface area contributed by atoms with Gasteiger partial charge in [-0.25, -0.2) is 0 Å². The molecule has 0 fully saturated rings. The Balaban J connectivity index is 1.90. The van der Waals surface area contributed by atoms with Crippen molar-refractivity contribution in [3.05, 3.63) is 60.2 Å². The highest BCUT2D eigenvalue weighted by Gasteiger charge is 2.01. The minimum Gasteiger partial charge on any atom is -0.352 e. The molecule has 1 N–H and O–H groups in total. The lowest BCUT2D eigenvalue weighted by atomic mass is 10.0. The molecule has 0 bridgehead atoms. The molecule has 2 nitrogen and oxygen atoms in total. The van der Waals surface area contributed by atoms with Gasteiger partial charge in [0.1, 0.15) is 0 Å². The predicted molar refractivity (Wildman–Crippen MR) is 83.2 cm³/mol. The molecule has 0 aliphatic heterocycles. The molecule has 104 valence electrons. The van der Waals surface area contributed by atoms with Gasteiger partial charge in [0.25, 0.3) is 0 Å². The van der Waals surface area contributed by atoms with Gasteiger partial charge in [-0.15, -0.1) is 0 Å². The van der Waals surface area contributed by atoms with Gasteiger partial charge in [0.15, 0.2) is 0 Å². The zero-order valence-corrected chi connectivity index (χ0v) is 11.9. The van der Waals surface area contributed by atoms with E-state index in [0.717, 1.165) is 18.4 Å². The maximum atomic E-state index is 11.6. The molecule has 20 heavy (non-hydrogen) atoms. The standard InChI is InChI=1S/C18H21NO/c1-2-3-9-18(20)19-14-15-10-12-17(13-11-15)16-7-5-4-6-8-16/h4-8,10-13H,2-3,9,14H2,1H3,(H,19,20). The Morgan fingerprint density at radius 2 is 1.60 bits per heavy atom. The second kappa shape index (κ2) is 7.49. The Morgan fingerprint density at radius 1 is 0.950 bits per heavy atom. The Morgan fingerprint density at radius 3 is 2.25 bits per heavy atom. The van der Waals surface area contributed by atoms with Crippen LogP contribution in [0.2, 0.25) is 0 Å². The molecule has 2 heteroatoms. The number of hydrogen-bond acceptors (Lipinski definition) is 1. The highest BCUT2D eigenvalue weighted by molar-refractivity contribution is 5.75. The third-order valence-corrected chi connectivity index (χ3v) is 3.31. The second-order valence-electron chi connectivity index (χ2n) is 4.94. The van der Waals surface area contributed by atoms with Gasteiger partial charge in [0.05, 0.1) is 0 Å². The quantitative estimate of drug-likeness (QED) is 0.836. The largest absolute Gasteiger partial charge is 0.352 e. The monoisotopic (exact) mass is 267 g/mol. The zero-order valence-electron chi connectivity index (χ0n) is 11.9. The van der Waals surface area contributed by atoms with Crippen LogP contribution in [-0.4, -0.2) is 5.91 Å². The van der Waals surface area contributed by atoms with Crippen molar-refractivity contribution in [3.8, 4) is 11.1 Å². The summed E-state index contributed by atoms with van der Waals surface area (Å²) in [5.74, 6) is 0.138. The maximum absolute atomic E-state index is 11.6. The van der Waals surface area contributed by atoms with E-state index in [9.17, 15) is 4.79 Å². The SMILES string of the molecule is CCCCC(=O)NCc1ccc(-c2ccccc2)cc1. The molecule has 0 radical (unpaired) electrons. The van der Waals surface area contributed by atoms with E-state index in [2.05, 4.69) is 48.6 Å². The fourth-order valence-electron chi connectivity index (χ4n) is 2.07. The van der Waals surface area contributed by atoms with Crippen molar-refractivity contribution in [3.63, 3.8) is 0 Å². The first-order valence-electron chi connectivity index (χ1n) is 7.20. The zero-order chi connectivity index (χ0) is 14.2. The third-order valence-electron chi connectivity index (χ3n) is 3.31. The fourth-order valence-corrected chi connectivity index (χ4v) is 2.07. The van der Waals surface area contributed by atoms with E-state index in [-0.39, 0.29) is 5.91 Å². The smallest absolute Gasteiger partial charge is 0.220 e. The molecule has 0 unspecified atom stereocenters. The van der Waals surface area contributed by atoms with Crippen molar-refractivity contribution in [1.82, 2.24) is 5.32 Å². The molecule has 2 rings (SSSR count). The lowest BCUT2D eigenvalue weighted by Gasteiger charge is -2.06. The summed E-state index contributed by atoms with van der Waals surface area (Å²) in [6, 6.07) is 18.6. The molecular weight excluding hydrogens is 246 g/mol. The number of rotatable bonds is 6. The third kappa shape index (κ3) is 4.23. The molecule has 0 heterocycles. The Hall–Kier alpha value is -2.09. The van der Waals surface area contributed by atoms with E-state index in [1.807, 2.05) is 18.2 Å². The number of amides is 1. The number of unbranched alkanes of at least 4 members (excludes halogenated alkanes) is 1. The van der Waals surface area contributed by atoms with E-state index < -0.39 is 0 Å². The van der Waals surface area contributed by atoms with Gasteiger partial charge in [-0.3, -0.25) is 4.79 Å². The van der Waals surface area contributed by atoms with E-state index in [0.29, 0.717) is 13.0 Å². The summed E-state index contributed by atoms with van der Waals surface area (Å²) in [6.45, 7) is 2.70. The van der Waals surface area contributed by atoms with Crippen LogP contribution in [-0.2, 0) is 11.3 Å². The second-order valence-corrected chi connectivity index (χ2v) is 4.94. The molecule has 0 saturated carbocycles. The fraction of sp³-hybridized carbons (Fsp3) is 0.278. The summed E-state index contributed by atoms with van der Waals surface area (Å²) in [6.07, 6.45) is 2.64. The van der Waals surface area contributed by atoms with Crippen molar-refractivity contribution in [1.29, 1.82) is 0 Å². The van der Waals surface area contributed by atoms with Crippen molar-refractivity contribution in [2.75, 3.05) is 0 Å². The minimum absolute atomic E-state index is 0.138. The van der Waals surface area contributed by atoms with Crippen molar-refractivity contribution in [2.45, 2.75) is 32.7 Å². The molecule has 0 aliphatic carbocycles. The number of benzene rings is 2. The van der Waals surface area contributed by atoms with Crippen LogP contribution in [0.15, 0.2) is 54.6 Å². The van der Waals surface area contributed by atoms with Gasteiger partial charge in [-0.05, 0) is 23.1 Å². The number of carbonyl (C=O) groups is 1. The van der Waals surface area contributed by atoms with Gasteiger partial charge in [0, 0.05) is 13.0 Å². The molecule has 0 saturated heterocycles. The van der Waals surface area contributed by atoms with Crippen LogP contribution < -0.4 is 5.32 Å². The van der Waals surface area contributed by atoms with Crippen LogP contribution >= 0.6 is 0 Å². The summed E-state index contributed by atoms with van der Waals surface area (Å²) in [4.78, 5) is 11.6. The minimum atomic E-state index is 0.138. The average molecular weight is 267 g/mol. The van der Waals surface area contributed by atoms with Gasteiger partial charge < -0.3 is 5.32 Å². The van der Waals surface area contributed by atoms with Gasteiger partial charge in [0.2, 0.25) is 5.91 Å². The lowest BCUT2D eigenvalue weighted by Crippen LogP contribution is -2.22. The molecule has 2 aromatic rings. The van der Waals surface area contributed by atoms with Gasteiger partial charge in [-0.2, -0.15) is 0 Å². The molecule has 0 atom stereocenters. The molecule has 2 aromatic carbocycles. The summed E-state index contributed by atoms with van der Waals surface area (Å²) in [7, 11) is 0. The first-order valence-corrected chi connectivity index (χ1v) is 7.20. The van der Waals surface area contributed by atoms with E-state index in [1.165, 1.54) is 11.1 Å². The van der Waals surface area contributed by atoms with Crippen LogP contribution in [0, 0.1) is 0 Å². The van der Waals surface area contributed by atoms with E-state index in [4.69, 9.17) is 0 Å². The van der Waals surface area contributed by atoms with Crippen molar-refractivity contribution in [2.24, 2.45) is 0 Å². The van der Waals surface area contributed by atoms with Gasteiger partial charge in [-0.1, -0.05) is 67.9 Å². The van der Waals surface area contributed by atoms with Crippen LogP contribution in [0.4, 0.5) is 0 Å². The Bertz CT molecular complexity index is 531. The summed E-state index contributed by atoms with van der Waals surface area (Å²) in [5, 5.41) is 2.95. The van der Waals surface area contributed by atoms with E-state index in [1.54, 1.807) is 0 Å². The number of carbonyl (C=O) groups excluding carboxylic acids is 1. The Kier molecular flexibility index (Phi) is 5.36. The topological polar surface area (TPSA) is 29.1 Å². The first-order chi connectivity index (χ1) is 9.79. The Labute approximate surface area is 120 Å². The summed E-state index contributed by atoms with van der Waals surface area (Å²) < 4.78 is 0. The van der Waals surface area contributed by atoms with E-state index >= 15 is 0 Å². The molecule has 0 aromatic heterocycles. The van der Waals surface area contributed by atoms with Crippen LogP contribution in [0.1, 0.15) is 31.7 Å². The predicted octanol–water partition coefficient (Wildman–Crippen LogP) is 4.16. The number of hydrogen-bond donors (Lipinski definition) is 1. The van der Waals surface area contributed by atoms with Crippen molar-refractivity contribution >= 4 is 5.91 Å². The normalized spacial score (nSPS) is 10.2. The van der Waals surface area contributed by atoms with Crippen LogP contribution in [0.25, 0.3) is 11.1 Å². The van der Waals surface area contributed by atoms with Crippen LogP contribution in [0.5, 0.6) is 0 Å². The highest BCUT2D eigenvalue weighted by Crippen LogP contribution is 2.19. The molecular formula is C18H21NO. The first kappa shape index (κ1) is 14.3. The molecule has 0 aliphatic rings. The molecule has 0 spiro atoms. The van der Waals surface area contributed by atoms with Gasteiger partial charge >= 0.3 is 0 Å². The number of nitrogens with one attached hydrogen (secondary N) is 1. The summed E-state index contributed by atoms with van der Waals surface area (Å²) in [5.41, 5.74) is 3.55. The van der Waals surface area contributed by atoms with Crippen LogP contribution in [0.3, 0.4) is 0 Å². The highest BCUT2D eigenvalue weighted by atomic mass is 16.1. The average Bonchev–Trinajstić information content (AvgIpc) is 2.52.